The molecule has 0 aromatic heterocycles. The van der Waals surface area contributed by atoms with Crippen LogP contribution in [0, 0.1) is 11.8 Å². The zero-order chi connectivity index (χ0) is 19.2. The summed E-state index contributed by atoms with van der Waals surface area (Å²) >= 11 is 6.04. The molecule has 1 heterocycles. The fourth-order valence-electron chi connectivity index (χ4n) is 3.48. The molecule has 3 rings (SSSR count). The van der Waals surface area contributed by atoms with E-state index in [0.717, 1.165) is 12.0 Å². The Morgan fingerprint density at radius 3 is 2.70 bits per heavy atom. The van der Waals surface area contributed by atoms with E-state index in [1.54, 1.807) is 0 Å². The van der Waals surface area contributed by atoms with E-state index in [0.29, 0.717) is 36.3 Å². The van der Waals surface area contributed by atoms with Crippen LogP contribution in [0.2, 0.25) is 5.02 Å². The average molecular weight is 394 g/mol. The molecular weight excluding hydrogens is 366 g/mol. The smallest absolute Gasteiger partial charge is 0.286 e. The molecule has 1 fully saturated rings. The van der Waals surface area contributed by atoms with Gasteiger partial charge in [0.1, 0.15) is 0 Å². The lowest BCUT2D eigenvalue weighted by molar-refractivity contribution is -0.166. The van der Waals surface area contributed by atoms with Crippen LogP contribution in [0.4, 0.5) is 0 Å². The number of allylic oxidation sites excluding steroid dienone is 1. The lowest BCUT2D eigenvalue weighted by Gasteiger charge is -2.37. The van der Waals surface area contributed by atoms with Crippen LogP contribution in [0.1, 0.15) is 44.1 Å². The van der Waals surface area contributed by atoms with Crippen molar-refractivity contribution in [3.8, 4) is 0 Å². The third-order valence-corrected chi connectivity index (χ3v) is 5.39. The van der Waals surface area contributed by atoms with Crippen LogP contribution in [0.3, 0.4) is 0 Å². The molecule has 2 aliphatic rings. The molecule has 0 saturated heterocycles. The summed E-state index contributed by atoms with van der Waals surface area (Å²) in [6.45, 7) is 3.21. The fourth-order valence-corrected chi connectivity index (χ4v) is 3.60. The molecule has 0 spiro atoms. The summed E-state index contributed by atoms with van der Waals surface area (Å²) in [6.07, 6.45) is 5.12. The molecule has 5 nitrogen and oxygen atoms in total. The van der Waals surface area contributed by atoms with Gasteiger partial charge in [0.25, 0.3) is 5.91 Å². The van der Waals surface area contributed by atoms with E-state index in [1.807, 2.05) is 37.3 Å². The zero-order valence-electron chi connectivity index (χ0n) is 15.7. The lowest BCUT2D eigenvalue weighted by Crippen LogP contribution is -2.39. The van der Waals surface area contributed by atoms with Gasteiger partial charge in [0.2, 0.25) is 6.29 Å². The minimum Gasteiger partial charge on any atom is -0.459 e. The molecule has 148 valence electrons. The van der Waals surface area contributed by atoms with E-state index in [-0.39, 0.29) is 24.3 Å². The van der Waals surface area contributed by atoms with Gasteiger partial charge < -0.3 is 19.9 Å². The molecule has 27 heavy (non-hydrogen) atoms. The summed E-state index contributed by atoms with van der Waals surface area (Å²) in [5.74, 6) is 0.699. The van der Waals surface area contributed by atoms with Gasteiger partial charge in [-0.05, 0) is 62.3 Å². The largest absolute Gasteiger partial charge is 0.459 e. The van der Waals surface area contributed by atoms with E-state index in [2.05, 4.69) is 5.32 Å². The normalized spacial score (nSPS) is 24.9. The second kappa shape index (κ2) is 9.58. The third kappa shape index (κ3) is 5.47. The van der Waals surface area contributed by atoms with Crippen LogP contribution < -0.4 is 5.32 Å². The minimum absolute atomic E-state index is 0.0123. The topological polar surface area (TPSA) is 67.8 Å². The predicted octanol–water partition coefficient (Wildman–Crippen LogP) is 3.62. The van der Waals surface area contributed by atoms with Crippen LogP contribution in [0.25, 0.3) is 0 Å². The number of rotatable bonds is 9. The quantitative estimate of drug-likeness (QED) is 0.672. The maximum absolute atomic E-state index is 12.6. The number of aliphatic hydroxyl groups excluding tert-OH is 1. The first-order valence-corrected chi connectivity index (χ1v) is 10.1. The van der Waals surface area contributed by atoms with Gasteiger partial charge in [-0.1, -0.05) is 23.7 Å². The fraction of sp³-hybridized carbons (Fsp3) is 0.571. The van der Waals surface area contributed by atoms with Crippen molar-refractivity contribution in [1.29, 1.82) is 0 Å². The van der Waals surface area contributed by atoms with Gasteiger partial charge in [-0.2, -0.15) is 0 Å². The molecular formula is C21H28ClNO4. The highest BCUT2D eigenvalue weighted by atomic mass is 35.5. The number of ether oxygens (including phenoxy) is 2. The van der Waals surface area contributed by atoms with Gasteiger partial charge >= 0.3 is 0 Å². The first-order chi connectivity index (χ1) is 13.1. The number of aliphatic hydroxyl groups is 1. The Morgan fingerprint density at radius 1 is 1.33 bits per heavy atom. The molecule has 2 N–H and O–H groups in total. The van der Waals surface area contributed by atoms with Crippen molar-refractivity contribution in [3.05, 3.63) is 46.7 Å². The number of nitrogens with one attached hydrogen (secondary N) is 1. The van der Waals surface area contributed by atoms with E-state index in [9.17, 15) is 9.90 Å². The molecule has 1 aromatic carbocycles. The van der Waals surface area contributed by atoms with Crippen LogP contribution in [0.15, 0.2) is 36.1 Å². The summed E-state index contributed by atoms with van der Waals surface area (Å²) in [5.41, 5.74) is 1.06. The highest BCUT2D eigenvalue weighted by Gasteiger charge is 2.38. The van der Waals surface area contributed by atoms with Crippen molar-refractivity contribution in [2.45, 2.75) is 44.8 Å². The molecule has 0 radical (unpaired) electrons. The second-order valence-electron chi connectivity index (χ2n) is 7.23. The van der Waals surface area contributed by atoms with Gasteiger partial charge in [0, 0.05) is 36.6 Å². The maximum Gasteiger partial charge on any atom is 0.286 e. The Morgan fingerprint density at radius 2 is 2.07 bits per heavy atom. The molecule has 1 amide bonds. The summed E-state index contributed by atoms with van der Waals surface area (Å²) in [4.78, 5) is 12.6. The summed E-state index contributed by atoms with van der Waals surface area (Å²) in [5, 5.41) is 12.9. The van der Waals surface area contributed by atoms with Gasteiger partial charge in [-0.15, -0.1) is 0 Å². The van der Waals surface area contributed by atoms with Crippen molar-refractivity contribution in [1.82, 2.24) is 5.32 Å². The van der Waals surface area contributed by atoms with E-state index < -0.39 is 6.29 Å². The number of amides is 1. The Bertz CT molecular complexity index is 657. The summed E-state index contributed by atoms with van der Waals surface area (Å²) in [6, 6.07) is 7.66. The van der Waals surface area contributed by atoms with Gasteiger partial charge in [0.15, 0.2) is 5.76 Å². The van der Waals surface area contributed by atoms with Gasteiger partial charge in [-0.3, -0.25) is 4.79 Å². The Hall–Kier alpha value is -1.56. The Balaban J connectivity index is 1.86. The summed E-state index contributed by atoms with van der Waals surface area (Å²) in [7, 11) is 0. The number of halogens is 1. The third-order valence-electron chi connectivity index (χ3n) is 5.14. The van der Waals surface area contributed by atoms with Crippen LogP contribution in [0.5, 0.6) is 0 Å². The number of hydrogen-bond donors (Lipinski definition) is 2. The van der Waals surface area contributed by atoms with E-state index >= 15 is 0 Å². The molecule has 1 saturated carbocycles. The molecule has 0 unspecified atom stereocenters. The molecule has 1 aliphatic heterocycles. The van der Waals surface area contributed by atoms with E-state index in [1.165, 1.54) is 12.8 Å². The van der Waals surface area contributed by atoms with Crippen LogP contribution in [-0.2, 0) is 14.3 Å². The molecule has 0 bridgehead atoms. The predicted molar refractivity (Wildman–Crippen MR) is 104 cm³/mol. The second-order valence-corrected chi connectivity index (χ2v) is 7.67. The first-order valence-electron chi connectivity index (χ1n) is 9.77. The maximum atomic E-state index is 12.6. The Labute approximate surface area is 165 Å². The lowest BCUT2D eigenvalue weighted by atomic mass is 9.80. The van der Waals surface area contributed by atoms with Gasteiger partial charge in [-0.25, -0.2) is 0 Å². The van der Waals surface area contributed by atoms with E-state index in [4.69, 9.17) is 21.1 Å². The zero-order valence-corrected chi connectivity index (χ0v) is 16.5. The molecule has 3 atom stereocenters. The van der Waals surface area contributed by atoms with Gasteiger partial charge in [0.05, 0.1) is 0 Å². The highest BCUT2D eigenvalue weighted by molar-refractivity contribution is 6.30. The van der Waals surface area contributed by atoms with Crippen molar-refractivity contribution in [2.24, 2.45) is 11.8 Å². The number of carbonyl (C=O) groups is 1. The standard InChI is InChI=1S/C21H28ClNO4/c1-2-26-21-17(4-3-11-24)18(15-7-9-16(22)10-8-15)12-19(27-21)20(25)23-13-14-5-6-14/h7-10,12,14,17-18,21,24H,2-6,11,13H2,1H3,(H,23,25)/t17-,18-,21-/m1/s1. The summed E-state index contributed by atoms with van der Waals surface area (Å²) < 4.78 is 11.8. The number of carbonyl (C=O) groups excluding carboxylic acids is 1. The average Bonchev–Trinajstić information content (AvgIpc) is 3.50. The first kappa shape index (κ1) is 20.2. The number of benzene rings is 1. The number of hydrogen-bond acceptors (Lipinski definition) is 4. The molecule has 1 aliphatic carbocycles. The van der Waals surface area contributed by atoms with Crippen molar-refractivity contribution in [2.75, 3.05) is 19.8 Å². The van der Waals surface area contributed by atoms with Crippen LogP contribution in [-0.4, -0.2) is 37.1 Å². The highest BCUT2D eigenvalue weighted by Crippen LogP contribution is 2.39. The van der Waals surface area contributed by atoms with Crippen molar-refractivity contribution in [3.63, 3.8) is 0 Å². The van der Waals surface area contributed by atoms with Crippen molar-refractivity contribution < 1.29 is 19.4 Å². The van der Waals surface area contributed by atoms with Crippen molar-refractivity contribution >= 4 is 17.5 Å². The molecule has 1 aromatic rings. The Kier molecular flexibility index (Phi) is 7.16. The monoisotopic (exact) mass is 393 g/mol. The minimum atomic E-state index is -0.520. The molecule has 6 heteroatoms. The SMILES string of the molecule is CCO[C@@H]1OC(C(=O)NCC2CC2)=C[C@H](c2ccc(Cl)cc2)[C@H]1CCCO. The van der Waals surface area contributed by atoms with Crippen LogP contribution >= 0.6 is 11.6 Å².